The maximum atomic E-state index is 5.62. The molecule has 2 N–H and O–H groups in total. The maximum absolute atomic E-state index is 5.62. The first kappa shape index (κ1) is 17.9. The molecule has 0 unspecified atom stereocenters. The van der Waals surface area contributed by atoms with Crippen LogP contribution in [0.5, 0.6) is 0 Å². The number of nitrogens with one attached hydrogen (secondary N) is 2. The van der Waals surface area contributed by atoms with Gasteiger partial charge in [0, 0.05) is 32.7 Å². The minimum atomic E-state index is 0. The van der Waals surface area contributed by atoms with E-state index >= 15 is 0 Å². The molecule has 0 amide bonds. The van der Waals surface area contributed by atoms with Gasteiger partial charge in [0.1, 0.15) is 0 Å². The van der Waals surface area contributed by atoms with E-state index in [0.29, 0.717) is 0 Å². The second kappa shape index (κ2) is 24.7. The van der Waals surface area contributed by atoms with Gasteiger partial charge in [-0.05, 0) is 0 Å². The van der Waals surface area contributed by atoms with Gasteiger partial charge in [-0.15, -0.1) is 0 Å². The molecular weight excluding hydrogens is 141 g/mol. The summed E-state index contributed by atoms with van der Waals surface area (Å²) in [5.74, 6) is 0. The predicted octanol–water partition coefficient (Wildman–Crippen LogP) is 0.766. The van der Waals surface area contributed by atoms with Crippen LogP contribution in [-0.4, -0.2) is 6.01 Å². The van der Waals surface area contributed by atoms with Crippen molar-refractivity contribution in [3.8, 4) is 0 Å². The van der Waals surface area contributed by atoms with Crippen LogP contribution in [0, 0.1) is 18.2 Å². The van der Waals surface area contributed by atoms with E-state index in [1.165, 1.54) is 6.01 Å². The van der Waals surface area contributed by atoms with Gasteiger partial charge in [-0.1, -0.05) is 0 Å². The summed E-state index contributed by atoms with van der Waals surface area (Å²) in [5, 5.41) is 11.2. The molecule has 0 aromatic carbocycles. The van der Waals surface area contributed by atoms with Gasteiger partial charge in [-0.3, -0.25) is 0 Å². The Morgan fingerprint density at radius 2 is 1.20 bits per heavy atom. The molecule has 3 heteroatoms. The topological polar surface area (TPSA) is 47.7 Å². The molecule has 5 heavy (non-hydrogen) atoms. The van der Waals surface area contributed by atoms with Crippen molar-refractivity contribution in [2.45, 2.75) is 0 Å². The van der Waals surface area contributed by atoms with E-state index in [1.54, 1.807) is 0 Å². The molecule has 0 heterocycles. The zero-order valence-corrected chi connectivity index (χ0v) is 5.92. The first-order chi connectivity index (χ1) is 1.41. The fraction of sp³-hybridized carbons (Fsp3) is 0. The maximum Gasteiger partial charge on any atom is 0.0831 e. The Morgan fingerprint density at radius 3 is 1.20 bits per heavy atom. The summed E-state index contributed by atoms with van der Waals surface area (Å²) in [6.45, 7) is 0. The zero-order valence-electron chi connectivity index (χ0n) is 3.08. The van der Waals surface area contributed by atoms with Gasteiger partial charge >= 0.3 is 0 Å². The van der Waals surface area contributed by atoms with Gasteiger partial charge in [-0.2, -0.15) is 0 Å². The number of hydrogen-bond donors (Lipinski definition) is 2. The summed E-state index contributed by atoms with van der Waals surface area (Å²) < 4.78 is 0. The van der Waals surface area contributed by atoms with Gasteiger partial charge in [0.25, 0.3) is 0 Å². The van der Waals surface area contributed by atoms with Crippen molar-refractivity contribution in [1.29, 1.82) is 10.8 Å². The minimum Gasteiger partial charge on any atom is -0.358 e. The minimum absolute atomic E-state index is 0. The Balaban J connectivity index is -0.0000000200. The average molecular weight is 146 g/mol. The van der Waals surface area contributed by atoms with Crippen LogP contribution >= 0.6 is 0 Å². The Kier molecular flexibility index (Phi) is 88.3. The summed E-state index contributed by atoms with van der Waals surface area (Å²) in [5.41, 5.74) is 0. The van der Waals surface area contributed by atoms with Crippen LogP contribution in [0.2, 0.25) is 0 Å². The summed E-state index contributed by atoms with van der Waals surface area (Å²) in [6, 6.07) is 1.25. The Labute approximate surface area is 56.9 Å². The molecule has 27 valence electrons. The molecule has 0 rings (SSSR count). The van der Waals surface area contributed by atoms with Crippen LogP contribution in [-0.2, 0) is 32.7 Å². The second-order valence-electron chi connectivity index (χ2n) is 0.125. The van der Waals surface area contributed by atoms with Crippen molar-refractivity contribution in [2.24, 2.45) is 0 Å². The third kappa shape index (κ3) is 118. The molecule has 0 aliphatic heterocycles. The molecule has 0 aromatic rings. The van der Waals surface area contributed by atoms with Gasteiger partial charge < -0.3 is 7.43 Å². The fourth-order valence-electron chi connectivity index (χ4n) is 0. The summed E-state index contributed by atoms with van der Waals surface area (Å²) in [6.07, 6.45) is 0. The van der Waals surface area contributed by atoms with Crippen molar-refractivity contribution < 1.29 is 32.7 Å². The van der Waals surface area contributed by atoms with Crippen LogP contribution in [0.3, 0.4) is 0 Å². The smallest absolute Gasteiger partial charge is 0.0831 e. The van der Waals surface area contributed by atoms with Crippen LogP contribution in [0.15, 0.2) is 0 Å². The van der Waals surface area contributed by atoms with E-state index in [-0.39, 0.29) is 40.1 Å². The van der Waals surface area contributed by atoms with Gasteiger partial charge in [0.15, 0.2) is 0 Å². The van der Waals surface area contributed by atoms with Gasteiger partial charge in [0.2, 0.25) is 0 Å². The quantitative estimate of drug-likeness (QED) is 0.374. The number of hydrogen-bond acceptors (Lipinski definition) is 2. The van der Waals surface area contributed by atoms with Crippen molar-refractivity contribution in [1.82, 2.24) is 0 Å². The normalized spacial score (nSPS) is 1.60. The predicted molar refractivity (Wildman–Crippen MR) is 16.9 cm³/mol. The first-order valence-electron chi connectivity index (χ1n) is 0.500. The molecule has 2 nitrogen and oxygen atoms in total. The van der Waals surface area contributed by atoms with E-state index in [2.05, 4.69) is 0 Å². The number of rotatable bonds is 0. The third-order valence-electron chi connectivity index (χ3n) is 0. The summed E-state index contributed by atoms with van der Waals surface area (Å²) in [4.78, 5) is 0. The average Bonchev–Trinajstić information content (AvgIpc) is 0.918. The zero-order chi connectivity index (χ0) is 2.71. The standard InChI is InChI=1S/CH2N2.CH3.Y/c2-1-3;;/h2-3H;1H3;/q;-1;. The first-order valence-corrected chi connectivity index (χ1v) is 0.500. The Morgan fingerprint density at radius 1 is 1.20 bits per heavy atom. The van der Waals surface area contributed by atoms with E-state index in [4.69, 9.17) is 10.8 Å². The monoisotopic (exact) mass is 146 g/mol. The molecule has 0 fully saturated rings. The van der Waals surface area contributed by atoms with Gasteiger partial charge in [-0.25, -0.2) is 10.8 Å². The van der Waals surface area contributed by atoms with E-state index in [1.807, 2.05) is 0 Å². The van der Waals surface area contributed by atoms with Crippen LogP contribution in [0.1, 0.15) is 0 Å². The summed E-state index contributed by atoms with van der Waals surface area (Å²) in [7, 11) is 0. The van der Waals surface area contributed by atoms with Crippen molar-refractivity contribution in [3.05, 3.63) is 7.43 Å². The Bertz CT molecular complexity index is 28.6. The molecular formula is C2H5N2Y-. The molecule has 0 saturated carbocycles. The molecule has 1 radical (unpaired) electrons. The van der Waals surface area contributed by atoms with E-state index in [9.17, 15) is 0 Å². The van der Waals surface area contributed by atoms with Crippen molar-refractivity contribution >= 4 is 6.01 Å². The molecule has 0 atom stereocenters. The van der Waals surface area contributed by atoms with Crippen LogP contribution in [0.25, 0.3) is 0 Å². The molecule has 0 spiro atoms. The molecule has 0 bridgehead atoms. The molecule has 0 aliphatic carbocycles. The summed E-state index contributed by atoms with van der Waals surface area (Å²) >= 11 is 0. The molecule has 0 aliphatic rings. The molecule has 0 aromatic heterocycles. The van der Waals surface area contributed by atoms with Gasteiger partial charge in [0.05, 0.1) is 6.01 Å². The van der Waals surface area contributed by atoms with Crippen molar-refractivity contribution in [2.75, 3.05) is 0 Å². The largest absolute Gasteiger partial charge is 0.358 e. The van der Waals surface area contributed by atoms with Crippen molar-refractivity contribution in [3.63, 3.8) is 0 Å². The second-order valence-corrected chi connectivity index (χ2v) is 0.125. The third-order valence-corrected chi connectivity index (χ3v) is 0. The van der Waals surface area contributed by atoms with E-state index in [0.717, 1.165) is 0 Å². The fourth-order valence-corrected chi connectivity index (χ4v) is 0. The van der Waals surface area contributed by atoms with E-state index < -0.39 is 0 Å². The SMILES string of the molecule is N=C=N.[CH3-].[Y]. The molecule has 0 saturated heterocycles. The van der Waals surface area contributed by atoms with Crippen LogP contribution < -0.4 is 0 Å². The van der Waals surface area contributed by atoms with Crippen LogP contribution in [0.4, 0.5) is 0 Å². The Hall–Kier alpha value is 0.484.